The Bertz CT molecular complexity index is 1660. The van der Waals surface area contributed by atoms with E-state index in [2.05, 4.69) is 40.1 Å². The number of hydrogen-bond acceptors (Lipinski definition) is 9. The molecule has 4 N–H and O–H groups in total. The summed E-state index contributed by atoms with van der Waals surface area (Å²) in [6, 6.07) is -3.49. The average molecular weight is 791 g/mol. The largest absolute Gasteiger partial charge is 0.344 e. The number of sulfone groups is 1. The molecule has 1 aromatic rings. The highest BCUT2D eigenvalue weighted by atomic mass is 32.2. The van der Waals surface area contributed by atoms with Crippen molar-refractivity contribution in [3.8, 4) is 0 Å². The second-order valence-electron chi connectivity index (χ2n) is 18.2. The maximum Gasteiger partial charge on any atom is 0.315 e. The topological polar surface area (TPSA) is 184 Å². The van der Waals surface area contributed by atoms with Crippen LogP contribution in [-0.2, 0) is 35.6 Å². The molecule has 5 rings (SSSR count). The smallest absolute Gasteiger partial charge is 0.315 e. The summed E-state index contributed by atoms with van der Waals surface area (Å²) in [5, 5.41) is 14.0. The van der Waals surface area contributed by atoms with Gasteiger partial charge in [0.25, 0.3) is 5.91 Å². The van der Waals surface area contributed by atoms with Gasteiger partial charge in [-0.3, -0.25) is 19.2 Å². The van der Waals surface area contributed by atoms with Crippen molar-refractivity contribution in [2.45, 2.75) is 160 Å². The average Bonchev–Trinajstić information content (AvgIpc) is 3.53. The van der Waals surface area contributed by atoms with Crippen LogP contribution in [0.25, 0.3) is 0 Å². The number of aromatic nitrogens is 1. The highest BCUT2D eigenvalue weighted by Crippen LogP contribution is 2.65. The summed E-state index contributed by atoms with van der Waals surface area (Å²) in [4.78, 5) is 75.4. The Labute approximate surface area is 325 Å². The first-order valence-electron chi connectivity index (χ1n) is 19.9. The number of fused-ring (bicyclic) bond motifs is 1. The van der Waals surface area contributed by atoms with E-state index in [0.29, 0.717) is 43.7 Å². The van der Waals surface area contributed by atoms with Crippen molar-refractivity contribution in [1.82, 2.24) is 31.2 Å². The number of amides is 5. The van der Waals surface area contributed by atoms with Crippen molar-refractivity contribution >= 4 is 50.7 Å². The summed E-state index contributed by atoms with van der Waals surface area (Å²) >= 11 is 1.36. The minimum Gasteiger partial charge on any atom is -0.344 e. The minimum absolute atomic E-state index is 0.0564. The molecule has 4 fully saturated rings. The van der Waals surface area contributed by atoms with E-state index in [9.17, 15) is 32.4 Å². The van der Waals surface area contributed by atoms with E-state index in [4.69, 9.17) is 0 Å². The third-order valence-corrected chi connectivity index (χ3v) is 16.5. The summed E-state index contributed by atoms with van der Waals surface area (Å²) < 4.78 is 25.9. The standard InChI is InChI=1S/C39H62N6O7S2/c1-8-15-26(30(46)33(48)41-22-27-40-20-21-53-27)42-32(47)29-28-25(37(28,5)6)23-45(29)34(49)31(38(7)16-11-9-12-17-38)43-35(50)44-39(18-13-10-14-19-39)24-54(51,52)36(2,3)4/h20-21,25-26,28-29,31H,8-19,22-24H2,1-7H3,(H,41,48)(H,42,47)(H2,43,44,50)/t25-,26?,28-,29-,31+/m0/s1. The van der Waals surface area contributed by atoms with Crippen molar-refractivity contribution in [2.24, 2.45) is 22.7 Å². The van der Waals surface area contributed by atoms with Gasteiger partial charge in [0, 0.05) is 18.1 Å². The zero-order valence-electron chi connectivity index (χ0n) is 33.2. The van der Waals surface area contributed by atoms with Gasteiger partial charge in [-0.15, -0.1) is 11.3 Å². The first kappa shape index (κ1) is 42.1. The Hall–Kier alpha value is -3.07. The van der Waals surface area contributed by atoms with Gasteiger partial charge in [0.05, 0.1) is 28.6 Å². The predicted molar refractivity (Wildman–Crippen MR) is 208 cm³/mol. The highest BCUT2D eigenvalue weighted by molar-refractivity contribution is 7.92. The third kappa shape index (κ3) is 8.97. The number of nitrogens with zero attached hydrogens (tertiary/aromatic N) is 2. The van der Waals surface area contributed by atoms with Crippen LogP contribution < -0.4 is 21.3 Å². The van der Waals surface area contributed by atoms with Crippen molar-refractivity contribution < 1.29 is 32.4 Å². The quantitative estimate of drug-likeness (QED) is 0.196. The predicted octanol–water partition coefficient (Wildman–Crippen LogP) is 4.65. The molecule has 302 valence electrons. The number of Topliss-reactive ketones (excluding diaryl/α,β-unsaturated/α-hetero) is 1. The molecule has 1 unspecified atom stereocenters. The summed E-state index contributed by atoms with van der Waals surface area (Å²) in [6.07, 6.45) is 10.2. The fraction of sp³-hybridized carbons (Fsp3) is 0.795. The summed E-state index contributed by atoms with van der Waals surface area (Å²) in [6.45, 7) is 13.5. The fourth-order valence-corrected chi connectivity index (χ4v) is 11.3. The van der Waals surface area contributed by atoms with Crippen LogP contribution in [0.1, 0.15) is 131 Å². The molecule has 3 aliphatic carbocycles. The SMILES string of the molecule is CCCC(NC(=O)[C@@H]1[C@@H]2[C@H](CN1C(=O)[C@@H](NC(=O)NC1(CS(=O)(=O)C(C)(C)C)CCCCC1)C1(C)CCCCC1)C2(C)C)C(=O)C(=O)NCc1nccs1. The molecule has 0 spiro atoms. The summed E-state index contributed by atoms with van der Waals surface area (Å²) in [5.74, 6) is -2.66. The Morgan fingerprint density at radius 3 is 2.17 bits per heavy atom. The highest BCUT2D eigenvalue weighted by Gasteiger charge is 2.70. The van der Waals surface area contributed by atoms with E-state index in [1.807, 2.05) is 13.8 Å². The lowest BCUT2D eigenvalue weighted by Crippen LogP contribution is -2.65. The Morgan fingerprint density at radius 1 is 0.963 bits per heavy atom. The zero-order chi connectivity index (χ0) is 39.7. The lowest BCUT2D eigenvalue weighted by Gasteiger charge is -2.44. The summed E-state index contributed by atoms with van der Waals surface area (Å²) in [7, 11) is -3.57. The van der Waals surface area contributed by atoms with E-state index < -0.39 is 67.3 Å². The van der Waals surface area contributed by atoms with Crippen LogP contribution in [0, 0.1) is 22.7 Å². The van der Waals surface area contributed by atoms with Crippen LogP contribution in [0.15, 0.2) is 11.6 Å². The molecule has 3 saturated carbocycles. The van der Waals surface area contributed by atoms with Crippen molar-refractivity contribution in [3.05, 3.63) is 16.6 Å². The molecule has 1 aliphatic heterocycles. The Morgan fingerprint density at radius 2 is 1.59 bits per heavy atom. The summed E-state index contributed by atoms with van der Waals surface area (Å²) in [5.41, 5.74) is -1.76. The molecule has 5 atom stereocenters. The number of urea groups is 1. The van der Waals surface area contributed by atoms with Crippen LogP contribution in [-0.4, -0.2) is 88.5 Å². The molecule has 2 heterocycles. The first-order chi connectivity index (χ1) is 25.3. The lowest BCUT2D eigenvalue weighted by molar-refractivity contribution is -0.146. The number of likely N-dealkylation sites (tertiary alicyclic amines) is 1. The molecule has 54 heavy (non-hydrogen) atoms. The maximum absolute atomic E-state index is 14.9. The number of piperidine rings is 1. The molecule has 0 aromatic carbocycles. The van der Waals surface area contributed by atoms with Crippen molar-refractivity contribution in [2.75, 3.05) is 12.3 Å². The van der Waals surface area contributed by atoms with Crippen LogP contribution in [0.5, 0.6) is 0 Å². The van der Waals surface area contributed by atoms with E-state index in [-0.39, 0.29) is 41.9 Å². The molecular weight excluding hydrogens is 729 g/mol. The molecule has 15 heteroatoms. The second kappa shape index (κ2) is 16.2. The Kier molecular flexibility index (Phi) is 12.6. The normalized spacial score (nSPS) is 25.4. The number of ketones is 1. The monoisotopic (exact) mass is 790 g/mol. The second-order valence-corrected chi connectivity index (χ2v) is 21.9. The number of carbonyl (C=O) groups excluding carboxylic acids is 5. The number of nitrogens with one attached hydrogen (secondary N) is 4. The third-order valence-electron chi connectivity index (χ3n) is 12.9. The molecule has 5 amide bonds. The molecule has 0 radical (unpaired) electrons. The fourth-order valence-electron chi connectivity index (χ4n) is 9.24. The van der Waals surface area contributed by atoms with Gasteiger partial charge in [-0.1, -0.05) is 72.6 Å². The van der Waals surface area contributed by atoms with E-state index in [1.54, 1.807) is 37.2 Å². The zero-order valence-corrected chi connectivity index (χ0v) is 34.8. The molecule has 0 bridgehead atoms. The maximum atomic E-state index is 14.9. The van der Waals surface area contributed by atoms with Crippen molar-refractivity contribution in [3.63, 3.8) is 0 Å². The van der Waals surface area contributed by atoms with Gasteiger partial charge >= 0.3 is 6.03 Å². The number of carbonyl (C=O) groups is 5. The van der Waals surface area contributed by atoms with Crippen LogP contribution in [0.2, 0.25) is 0 Å². The molecule has 13 nitrogen and oxygen atoms in total. The van der Waals surface area contributed by atoms with Crippen LogP contribution in [0.3, 0.4) is 0 Å². The molecular formula is C39H62N6O7S2. The minimum atomic E-state index is -3.57. The van der Waals surface area contributed by atoms with Crippen LogP contribution >= 0.6 is 11.3 Å². The number of thiazole rings is 1. The molecule has 1 aromatic heterocycles. The van der Waals surface area contributed by atoms with Gasteiger partial charge in [-0.05, 0) is 75.5 Å². The van der Waals surface area contributed by atoms with Gasteiger partial charge in [0.15, 0.2) is 9.84 Å². The lowest BCUT2D eigenvalue weighted by atomic mass is 9.70. The first-order valence-corrected chi connectivity index (χ1v) is 22.4. The molecule has 4 aliphatic rings. The van der Waals surface area contributed by atoms with Gasteiger partial charge in [0.2, 0.25) is 17.6 Å². The van der Waals surface area contributed by atoms with Crippen LogP contribution in [0.4, 0.5) is 4.79 Å². The van der Waals surface area contributed by atoms with E-state index in [0.717, 1.165) is 38.5 Å². The van der Waals surface area contributed by atoms with E-state index >= 15 is 0 Å². The van der Waals surface area contributed by atoms with Crippen molar-refractivity contribution in [1.29, 1.82) is 0 Å². The van der Waals surface area contributed by atoms with Gasteiger partial charge in [-0.25, -0.2) is 18.2 Å². The number of rotatable bonds is 14. The van der Waals surface area contributed by atoms with E-state index in [1.165, 1.54) is 11.3 Å². The number of hydrogen-bond donors (Lipinski definition) is 4. The van der Waals surface area contributed by atoms with Gasteiger partial charge in [0.1, 0.15) is 17.1 Å². The van der Waals surface area contributed by atoms with Gasteiger partial charge in [-0.2, -0.15) is 0 Å². The molecule has 1 saturated heterocycles. The Balaban J connectivity index is 1.37. The van der Waals surface area contributed by atoms with Gasteiger partial charge < -0.3 is 26.2 Å².